The van der Waals surface area contributed by atoms with Gasteiger partial charge in [-0.1, -0.05) is 0 Å². The van der Waals surface area contributed by atoms with E-state index in [1.807, 2.05) is 29.7 Å². The number of H-pyrrole nitrogens is 1. The number of hydrogen-bond acceptors (Lipinski definition) is 5. The van der Waals surface area contributed by atoms with Crippen LogP contribution in [0.25, 0.3) is 11.2 Å². The minimum atomic E-state index is -0.0977. The standard InChI is InChI=1S/C18H18N6O/c1-12-9-16(21-11-13(12)10-19)23-7-4-14(5-8-23)24-15-3-2-6-20-17(15)22-18(24)25/h2-3,6,9,11,14H,4-5,7-8H2,1H3,(H,20,22,25). The fourth-order valence-electron chi connectivity index (χ4n) is 3.51. The first-order valence-corrected chi connectivity index (χ1v) is 8.34. The lowest BCUT2D eigenvalue weighted by molar-refractivity contribution is 0.395. The highest BCUT2D eigenvalue weighted by molar-refractivity contribution is 5.70. The number of rotatable bonds is 2. The van der Waals surface area contributed by atoms with Gasteiger partial charge in [-0.25, -0.2) is 14.8 Å². The molecule has 3 aromatic rings. The van der Waals surface area contributed by atoms with Crippen LogP contribution in [0.3, 0.4) is 0 Å². The Labute approximate surface area is 144 Å². The molecule has 1 saturated heterocycles. The number of nitriles is 1. The van der Waals surface area contributed by atoms with E-state index in [1.165, 1.54) is 0 Å². The second-order valence-electron chi connectivity index (χ2n) is 6.36. The molecule has 0 aromatic carbocycles. The van der Waals surface area contributed by atoms with Gasteiger partial charge in [-0.3, -0.25) is 9.55 Å². The van der Waals surface area contributed by atoms with Crippen LogP contribution in [-0.4, -0.2) is 32.6 Å². The first kappa shape index (κ1) is 15.4. The van der Waals surface area contributed by atoms with Gasteiger partial charge in [0.05, 0.1) is 11.1 Å². The van der Waals surface area contributed by atoms with Crippen LogP contribution in [0.1, 0.15) is 30.0 Å². The molecular formula is C18H18N6O. The molecule has 0 radical (unpaired) electrons. The third kappa shape index (κ3) is 2.66. The first-order chi connectivity index (χ1) is 12.2. The number of aromatic nitrogens is 4. The first-order valence-electron chi connectivity index (χ1n) is 8.34. The normalized spacial score (nSPS) is 15.4. The maximum atomic E-state index is 12.3. The van der Waals surface area contributed by atoms with Crippen LogP contribution >= 0.6 is 0 Å². The van der Waals surface area contributed by atoms with Crippen LogP contribution in [0.5, 0.6) is 0 Å². The molecule has 0 spiro atoms. The average molecular weight is 334 g/mol. The zero-order valence-electron chi connectivity index (χ0n) is 13.9. The van der Waals surface area contributed by atoms with Crippen LogP contribution in [0, 0.1) is 18.3 Å². The molecule has 0 unspecified atom stereocenters. The Hall–Kier alpha value is -3.14. The summed E-state index contributed by atoms with van der Waals surface area (Å²) in [4.78, 5) is 26.0. The summed E-state index contributed by atoms with van der Waals surface area (Å²) in [6.07, 6.45) is 5.04. The van der Waals surface area contributed by atoms with Gasteiger partial charge < -0.3 is 4.90 Å². The molecule has 0 bridgehead atoms. The van der Waals surface area contributed by atoms with Gasteiger partial charge in [0, 0.05) is 31.5 Å². The number of aryl methyl sites for hydroxylation is 1. The van der Waals surface area contributed by atoms with E-state index in [-0.39, 0.29) is 11.7 Å². The number of pyridine rings is 2. The molecular weight excluding hydrogens is 316 g/mol. The molecule has 4 heterocycles. The third-order valence-corrected chi connectivity index (χ3v) is 4.86. The maximum Gasteiger partial charge on any atom is 0.327 e. The largest absolute Gasteiger partial charge is 0.356 e. The van der Waals surface area contributed by atoms with Gasteiger partial charge in [-0.05, 0) is 43.5 Å². The van der Waals surface area contributed by atoms with Gasteiger partial charge in [0.15, 0.2) is 5.65 Å². The molecule has 7 nitrogen and oxygen atoms in total. The molecule has 0 atom stereocenters. The number of nitrogens with one attached hydrogen (secondary N) is 1. The van der Waals surface area contributed by atoms with Crippen molar-refractivity contribution in [1.82, 2.24) is 19.5 Å². The van der Waals surface area contributed by atoms with E-state index in [0.29, 0.717) is 11.2 Å². The summed E-state index contributed by atoms with van der Waals surface area (Å²) in [5.74, 6) is 0.892. The van der Waals surface area contributed by atoms with Gasteiger partial charge in [0.25, 0.3) is 0 Å². The van der Waals surface area contributed by atoms with Crippen molar-refractivity contribution < 1.29 is 0 Å². The van der Waals surface area contributed by atoms with Crippen molar-refractivity contribution in [3.8, 4) is 6.07 Å². The van der Waals surface area contributed by atoms with E-state index in [4.69, 9.17) is 5.26 Å². The Morgan fingerprint density at radius 2 is 2.12 bits per heavy atom. The van der Waals surface area contributed by atoms with Gasteiger partial charge in [0.2, 0.25) is 0 Å². The summed E-state index contributed by atoms with van der Waals surface area (Å²) in [6, 6.07) is 8.04. The van der Waals surface area contributed by atoms with Crippen LogP contribution in [0.4, 0.5) is 5.82 Å². The summed E-state index contributed by atoms with van der Waals surface area (Å²) in [5, 5.41) is 9.03. The number of aromatic amines is 1. The molecule has 126 valence electrons. The van der Waals surface area contributed by atoms with Crippen molar-refractivity contribution in [3.05, 3.63) is 52.2 Å². The highest BCUT2D eigenvalue weighted by Gasteiger charge is 2.24. The van der Waals surface area contributed by atoms with Crippen molar-refractivity contribution in [3.63, 3.8) is 0 Å². The monoisotopic (exact) mass is 334 g/mol. The number of piperidine rings is 1. The molecule has 7 heteroatoms. The van der Waals surface area contributed by atoms with Gasteiger partial charge >= 0.3 is 5.69 Å². The van der Waals surface area contributed by atoms with Gasteiger partial charge in [0.1, 0.15) is 11.9 Å². The van der Waals surface area contributed by atoms with Crippen LogP contribution < -0.4 is 10.6 Å². The Bertz CT molecular complexity index is 1020. The van der Waals surface area contributed by atoms with Crippen LogP contribution in [0.2, 0.25) is 0 Å². The zero-order valence-corrected chi connectivity index (χ0v) is 13.9. The summed E-state index contributed by atoms with van der Waals surface area (Å²) in [6.45, 7) is 3.57. The molecule has 0 amide bonds. The number of hydrogen-bond donors (Lipinski definition) is 1. The SMILES string of the molecule is Cc1cc(N2CCC(n3c(=O)[nH]c4ncccc43)CC2)ncc1C#N. The fraction of sp³-hybridized carbons (Fsp3) is 0.333. The van der Waals surface area contributed by atoms with E-state index in [2.05, 4.69) is 25.9 Å². The second-order valence-corrected chi connectivity index (χ2v) is 6.36. The fourth-order valence-corrected chi connectivity index (χ4v) is 3.51. The number of imidazole rings is 1. The lowest BCUT2D eigenvalue weighted by Crippen LogP contribution is -2.37. The van der Waals surface area contributed by atoms with E-state index in [0.717, 1.165) is 42.8 Å². The number of anilines is 1. The summed E-state index contributed by atoms with van der Waals surface area (Å²) in [7, 11) is 0. The van der Waals surface area contributed by atoms with Crippen molar-refractivity contribution in [2.45, 2.75) is 25.8 Å². The van der Waals surface area contributed by atoms with E-state index in [9.17, 15) is 4.79 Å². The summed E-state index contributed by atoms with van der Waals surface area (Å²) in [5.41, 5.74) is 2.95. The zero-order chi connectivity index (χ0) is 17.4. The van der Waals surface area contributed by atoms with E-state index < -0.39 is 0 Å². The van der Waals surface area contributed by atoms with E-state index >= 15 is 0 Å². The minimum Gasteiger partial charge on any atom is -0.356 e. The highest BCUT2D eigenvalue weighted by atomic mass is 16.1. The Kier molecular flexibility index (Phi) is 3.73. The van der Waals surface area contributed by atoms with Gasteiger partial charge in [-0.2, -0.15) is 5.26 Å². The summed E-state index contributed by atoms with van der Waals surface area (Å²) >= 11 is 0. The molecule has 1 aliphatic heterocycles. The lowest BCUT2D eigenvalue weighted by Gasteiger charge is -2.33. The molecule has 3 aromatic heterocycles. The topological polar surface area (TPSA) is 90.6 Å². The van der Waals surface area contributed by atoms with Crippen molar-refractivity contribution in [1.29, 1.82) is 5.26 Å². The Morgan fingerprint density at radius 1 is 1.32 bits per heavy atom. The average Bonchev–Trinajstić information content (AvgIpc) is 2.97. The van der Waals surface area contributed by atoms with Crippen LogP contribution in [0.15, 0.2) is 35.4 Å². The molecule has 1 fully saturated rings. The Morgan fingerprint density at radius 3 is 2.84 bits per heavy atom. The minimum absolute atomic E-state index is 0.0977. The predicted molar refractivity (Wildman–Crippen MR) is 94.5 cm³/mol. The van der Waals surface area contributed by atoms with E-state index in [1.54, 1.807) is 12.4 Å². The smallest absolute Gasteiger partial charge is 0.327 e. The maximum absolute atomic E-state index is 12.3. The molecule has 0 saturated carbocycles. The highest BCUT2D eigenvalue weighted by Crippen LogP contribution is 2.27. The molecule has 1 aliphatic rings. The van der Waals surface area contributed by atoms with Gasteiger partial charge in [-0.15, -0.1) is 0 Å². The predicted octanol–water partition coefficient (Wildman–Crippen LogP) is 2.14. The molecule has 0 aliphatic carbocycles. The molecule has 4 rings (SSSR count). The van der Waals surface area contributed by atoms with Crippen LogP contribution in [-0.2, 0) is 0 Å². The second kappa shape index (κ2) is 6.06. The van der Waals surface area contributed by atoms with Crippen molar-refractivity contribution in [2.75, 3.05) is 18.0 Å². The third-order valence-electron chi connectivity index (χ3n) is 4.86. The number of fused-ring (bicyclic) bond motifs is 1. The van der Waals surface area contributed by atoms with Crippen molar-refractivity contribution >= 4 is 17.0 Å². The lowest BCUT2D eigenvalue weighted by atomic mass is 10.0. The Balaban J connectivity index is 1.55. The number of nitrogens with zero attached hydrogens (tertiary/aromatic N) is 5. The summed E-state index contributed by atoms with van der Waals surface area (Å²) < 4.78 is 1.83. The van der Waals surface area contributed by atoms with Crippen molar-refractivity contribution in [2.24, 2.45) is 0 Å². The molecule has 1 N–H and O–H groups in total. The quantitative estimate of drug-likeness (QED) is 0.775. The molecule has 25 heavy (non-hydrogen) atoms.